The number of ether oxygens (including phenoxy) is 1. The van der Waals surface area contributed by atoms with Crippen molar-refractivity contribution in [3.05, 3.63) is 71.5 Å². The Bertz CT molecular complexity index is 988. The van der Waals surface area contributed by atoms with Crippen LogP contribution in [0, 0.1) is 13.8 Å². The van der Waals surface area contributed by atoms with Crippen molar-refractivity contribution in [3.63, 3.8) is 0 Å². The Morgan fingerprint density at radius 1 is 1.11 bits per heavy atom. The van der Waals surface area contributed by atoms with Gasteiger partial charge in [0.15, 0.2) is 0 Å². The van der Waals surface area contributed by atoms with E-state index in [1.807, 2.05) is 63.2 Å². The Kier molecular flexibility index (Phi) is 5.89. The molecule has 28 heavy (non-hydrogen) atoms. The molecule has 0 fully saturated rings. The third-order valence-corrected chi connectivity index (χ3v) is 4.35. The van der Waals surface area contributed by atoms with Crippen LogP contribution in [0.15, 0.2) is 54.7 Å². The predicted molar refractivity (Wildman–Crippen MR) is 112 cm³/mol. The molecule has 0 bridgehead atoms. The lowest BCUT2D eigenvalue weighted by Gasteiger charge is -2.21. The summed E-state index contributed by atoms with van der Waals surface area (Å²) in [5.74, 6) is 0.852. The first-order valence-corrected chi connectivity index (χ1v) is 9.15. The van der Waals surface area contributed by atoms with Gasteiger partial charge in [0.2, 0.25) is 5.95 Å². The monoisotopic (exact) mass is 376 g/mol. The van der Waals surface area contributed by atoms with Crippen molar-refractivity contribution >= 4 is 23.2 Å². The number of hydrogen-bond donors (Lipinski definition) is 1. The van der Waals surface area contributed by atoms with Crippen molar-refractivity contribution in [2.75, 3.05) is 23.9 Å². The van der Waals surface area contributed by atoms with Crippen LogP contribution in [0.1, 0.15) is 28.5 Å². The molecule has 0 unspecified atom stereocenters. The number of aryl methyl sites for hydroxylation is 2. The molecule has 1 heterocycles. The summed E-state index contributed by atoms with van der Waals surface area (Å²) >= 11 is 0. The van der Waals surface area contributed by atoms with Crippen LogP contribution in [0.25, 0.3) is 0 Å². The van der Waals surface area contributed by atoms with Crippen molar-refractivity contribution in [2.24, 2.45) is 0 Å². The van der Waals surface area contributed by atoms with Crippen molar-refractivity contribution in [3.8, 4) is 5.75 Å². The highest BCUT2D eigenvalue weighted by molar-refractivity contribution is 6.04. The highest BCUT2D eigenvalue weighted by Crippen LogP contribution is 2.27. The maximum Gasteiger partial charge on any atom is 0.277 e. The van der Waals surface area contributed by atoms with Crippen molar-refractivity contribution in [1.29, 1.82) is 0 Å². The number of aromatic nitrogens is 2. The average Bonchev–Trinajstić information content (AvgIpc) is 2.69. The maximum atomic E-state index is 13.1. The predicted octanol–water partition coefficient (Wildman–Crippen LogP) is 4.51. The number of nitrogens with one attached hydrogen (secondary N) is 1. The Morgan fingerprint density at radius 2 is 1.89 bits per heavy atom. The van der Waals surface area contributed by atoms with Gasteiger partial charge in [0.25, 0.3) is 5.91 Å². The number of hydrogen-bond acceptors (Lipinski definition) is 5. The summed E-state index contributed by atoms with van der Waals surface area (Å²) in [7, 11) is 1.61. The summed E-state index contributed by atoms with van der Waals surface area (Å²) in [6.07, 6.45) is 1.58. The van der Waals surface area contributed by atoms with E-state index in [9.17, 15) is 4.79 Å². The second-order valence-corrected chi connectivity index (χ2v) is 6.48. The van der Waals surface area contributed by atoms with Gasteiger partial charge in [-0.1, -0.05) is 18.2 Å². The lowest BCUT2D eigenvalue weighted by atomic mass is 10.2. The van der Waals surface area contributed by atoms with Crippen LogP contribution in [-0.2, 0) is 0 Å². The van der Waals surface area contributed by atoms with Gasteiger partial charge in [-0.2, -0.15) is 0 Å². The van der Waals surface area contributed by atoms with Crippen LogP contribution in [0.2, 0.25) is 0 Å². The minimum atomic E-state index is -0.172. The molecule has 6 heteroatoms. The van der Waals surface area contributed by atoms with Gasteiger partial charge in [-0.3, -0.25) is 4.79 Å². The number of nitrogens with zero attached hydrogens (tertiary/aromatic N) is 3. The number of amides is 1. The maximum absolute atomic E-state index is 13.1. The van der Waals surface area contributed by atoms with E-state index in [-0.39, 0.29) is 5.91 Å². The number of methoxy groups -OCH3 is 1. The first kappa shape index (κ1) is 19.4. The summed E-state index contributed by atoms with van der Waals surface area (Å²) in [6.45, 7) is 6.48. The van der Waals surface area contributed by atoms with Crippen LogP contribution < -0.4 is 15.0 Å². The molecule has 0 spiro atoms. The van der Waals surface area contributed by atoms with E-state index in [1.165, 1.54) is 0 Å². The van der Waals surface area contributed by atoms with Gasteiger partial charge in [-0.05, 0) is 62.2 Å². The van der Waals surface area contributed by atoms with E-state index >= 15 is 0 Å². The van der Waals surface area contributed by atoms with E-state index in [0.717, 1.165) is 22.5 Å². The van der Waals surface area contributed by atoms with Crippen LogP contribution in [0.5, 0.6) is 5.75 Å². The third kappa shape index (κ3) is 4.28. The van der Waals surface area contributed by atoms with Gasteiger partial charge in [0.1, 0.15) is 11.4 Å². The molecule has 6 nitrogen and oxygen atoms in total. The molecule has 1 aromatic heterocycles. The second kappa shape index (κ2) is 8.52. The number of carbonyl (C=O) groups is 1. The van der Waals surface area contributed by atoms with Gasteiger partial charge >= 0.3 is 0 Å². The third-order valence-electron chi connectivity index (χ3n) is 4.35. The van der Waals surface area contributed by atoms with Crippen molar-refractivity contribution < 1.29 is 9.53 Å². The zero-order chi connectivity index (χ0) is 20.1. The van der Waals surface area contributed by atoms with Gasteiger partial charge in [-0.25, -0.2) is 9.97 Å². The lowest BCUT2D eigenvalue weighted by Crippen LogP contribution is -2.31. The molecule has 0 radical (unpaired) electrons. The Morgan fingerprint density at radius 3 is 2.61 bits per heavy atom. The molecule has 0 saturated heterocycles. The first-order valence-electron chi connectivity index (χ1n) is 9.15. The quantitative estimate of drug-likeness (QED) is 0.685. The topological polar surface area (TPSA) is 67.4 Å². The molecule has 0 aliphatic rings. The summed E-state index contributed by atoms with van der Waals surface area (Å²) in [6, 6.07) is 15.3. The highest BCUT2D eigenvalue weighted by Gasteiger charge is 2.18. The SMILES string of the molecule is CCN(C(=O)c1ccnc(Nc2cc(C)ccc2OC)n1)c1cccc(C)c1. The minimum Gasteiger partial charge on any atom is -0.495 e. The van der Waals surface area contributed by atoms with E-state index in [2.05, 4.69) is 15.3 Å². The molecule has 3 rings (SSSR count). The molecule has 144 valence electrons. The van der Waals surface area contributed by atoms with Crippen molar-refractivity contribution in [2.45, 2.75) is 20.8 Å². The molecule has 3 aromatic rings. The Balaban J connectivity index is 1.88. The van der Waals surface area contributed by atoms with Gasteiger partial charge in [0, 0.05) is 18.4 Å². The van der Waals surface area contributed by atoms with Gasteiger partial charge < -0.3 is 15.0 Å². The summed E-state index contributed by atoms with van der Waals surface area (Å²) in [4.78, 5) is 23.4. The van der Waals surface area contributed by atoms with E-state index in [4.69, 9.17) is 4.74 Å². The Labute approximate surface area is 165 Å². The van der Waals surface area contributed by atoms with Crippen LogP contribution in [0.4, 0.5) is 17.3 Å². The molecule has 2 aromatic carbocycles. The fourth-order valence-electron chi connectivity index (χ4n) is 2.96. The number of benzene rings is 2. The van der Waals surface area contributed by atoms with Crippen molar-refractivity contribution in [1.82, 2.24) is 9.97 Å². The van der Waals surface area contributed by atoms with E-state index < -0.39 is 0 Å². The zero-order valence-corrected chi connectivity index (χ0v) is 16.6. The fourth-order valence-corrected chi connectivity index (χ4v) is 2.96. The minimum absolute atomic E-state index is 0.172. The van der Waals surface area contributed by atoms with Crippen LogP contribution in [0.3, 0.4) is 0 Å². The fraction of sp³-hybridized carbons (Fsp3) is 0.227. The number of rotatable bonds is 6. The normalized spacial score (nSPS) is 10.4. The number of carbonyl (C=O) groups excluding carboxylic acids is 1. The summed E-state index contributed by atoms with van der Waals surface area (Å²) in [5.41, 5.74) is 4.10. The van der Waals surface area contributed by atoms with Gasteiger partial charge in [-0.15, -0.1) is 0 Å². The zero-order valence-electron chi connectivity index (χ0n) is 16.6. The smallest absolute Gasteiger partial charge is 0.277 e. The van der Waals surface area contributed by atoms with Crippen LogP contribution in [-0.4, -0.2) is 29.5 Å². The molecule has 0 atom stereocenters. The second-order valence-electron chi connectivity index (χ2n) is 6.48. The van der Waals surface area contributed by atoms with E-state index in [1.54, 1.807) is 24.3 Å². The first-order chi connectivity index (χ1) is 13.5. The molecule has 0 aliphatic carbocycles. The molecule has 0 saturated carbocycles. The molecular weight excluding hydrogens is 352 g/mol. The average molecular weight is 376 g/mol. The molecule has 1 N–H and O–H groups in total. The standard InChI is InChI=1S/C22H24N4O2/c1-5-26(17-8-6-7-15(2)13-17)21(27)18-11-12-23-22(24-18)25-19-14-16(3)9-10-20(19)28-4/h6-14H,5H2,1-4H3,(H,23,24,25). The van der Waals surface area contributed by atoms with E-state index in [0.29, 0.717) is 23.9 Å². The highest BCUT2D eigenvalue weighted by atomic mass is 16.5. The molecular formula is C22H24N4O2. The van der Waals surface area contributed by atoms with Gasteiger partial charge in [0.05, 0.1) is 12.8 Å². The number of anilines is 3. The largest absolute Gasteiger partial charge is 0.495 e. The molecule has 0 aliphatic heterocycles. The summed E-state index contributed by atoms with van der Waals surface area (Å²) < 4.78 is 5.38. The molecule has 1 amide bonds. The van der Waals surface area contributed by atoms with Crippen LogP contribution >= 0.6 is 0 Å². The lowest BCUT2D eigenvalue weighted by molar-refractivity contribution is 0.0983. The Hall–Kier alpha value is -3.41. The summed E-state index contributed by atoms with van der Waals surface area (Å²) in [5, 5.41) is 3.15.